The van der Waals surface area contributed by atoms with Crippen molar-refractivity contribution in [2.24, 2.45) is 0 Å². The van der Waals surface area contributed by atoms with Gasteiger partial charge in [-0.2, -0.15) is 5.10 Å². The summed E-state index contributed by atoms with van der Waals surface area (Å²) in [6.45, 7) is 2.06. The fourth-order valence-electron chi connectivity index (χ4n) is 1.71. The molecular weight excluding hydrogens is 188 g/mol. The van der Waals surface area contributed by atoms with Gasteiger partial charge in [0.1, 0.15) is 12.0 Å². The van der Waals surface area contributed by atoms with Crippen LogP contribution in [0.2, 0.25) is 0 Å². The highest BCUT2D eigenvalue weighted by Crippen LogP contribution is 2.20. The number of pyridine rings is 1. The molecule has 0 saturated carbocycles. The van der Waals surface area contributed by atoms with E-state index in [4.69, 9.17) is 0 Å². The van der Waals surface area contributed by atoms with E-state index in [2.05, 4.69) is 40.4 Å². The van der Waals surface area contributed by atoms with Crippen LogP contribution in [0.3, 0.4) is 0 Å². The number of aromatic nitrogens is 4. The summed E-state index contributed by atoms with van der Waals surface area (Å²) in [4.78, 5) is 4.37. The summed E-state index contributed by atoms with van der Waals surface area (Å²) >= 11 is 0. The maximum atomic E-state index is 4.37. The van der Waals surface area contributed by atoms with E-state index in [1.165, 1.54) is 5.56 Å². The van der Waals surface area contributed by atoms with E-state index >= 15 is 0 Å². The lowest BCUT2D eigenvalue weighted by Gasteiger charge is -1.97. The summed E-state index contributed by atoms with van der Waals surface area (Å²) in [6.07, 6.45) is 5.61. The van der Waals surface area contributed by atoms with Crippen LogP contribution in [0.5, 0.6) is 0 Å². The Hall–Kier alpha value is -2.10. The molecule has 3 aromatic rings. The fraction of sp³-hybridized carbons (Fsp3) is 0.0909. The fourth-order valence-corrected chi connectivity index (χ4v) is 1.71. The zero-order chi connectivity index (χ0) is 10.3. The van der Waals surface area contributed by atoms with Crippen molar-refractivity contribution in [1.29, 1.82) is 0 Å². The summed E-state index contributed by atoms with van der Waals surface area (Å²) in [6, 6.07) is 6.07. The van der Waals surface area contributed by atoms with Gasteiger partial charge in [0.05, 0.1) is 11.2 Å². The van der Waals surface area contributed by atoms with Gasteiger partial charge >= 0.3 is 0 Å². The number of fused-ring (bicyclic) bond motifs is 1. The number of aromatic amines is 1. The van der Waals surface area contributed by atoms with Crippen molar-refractivity contribution in [2.45, 2.75) is 6.92 Å². The summed E-state index contributed by atoms with van der Waals surface area (Å²) in [5, 5.41) is 6.85. The smallest absolute Gasteiger partial charge is 0.114 e. The van der Waals surface area contributed by atoms with Gasteiger partial charge in [-0.25, -0.2) is 4.98 Å². The SMILES string of the molecule is Cc1ccc2c(-c3ccn[nH]3)ncn2c1. The Morgan fingerprint density at radius 1 is 1.27 bits per heavy atom. The van der Waals surface area contributed by atoms with Crippen LogP contribution in [0.15, 0.2) is 36.9 Å². The minimum Gasteiger partial charge on any atom is -0.305 e. The normalized spacial score (nSPS) is 11.0. The second-order valence-electron chi connectivity index (χ2n) is 3.56. The third kappa shape index (κ3) is 1.22. The van der Waals surface area contributed by atoms with E-state index in [1.807, 2.05) is 16.8 Å². The Labute approximate surface area is 86.6 Å². The van der Waals surface area contributed by atoms with E-state index in [1.54, 1.807) is 6.20 Å². The maximum absolute atomic E-state index is 4.37. The summed E-state index contributed by atoms with van der Waals surface area (Å²) in [5.41, 5.74) is 4.19. The Morgan fingerprint density at radius 2 is 2.20 bits per heavy atom. The first-order valence-electron chi connectivity index (χ1n) is 4.77. The molecule has 3 heterocycles. The Bertz CT molecular complexity index is 592. The highest BCUT2D eigenvalue weighted by atomic mass is 15.1. The molecule has 0 saturated heterocycles. The van der Waals surface area contributed by atoms with Crippen LogP contribution in [0.1, 0.15) is 5.56 Å². The molecule has 0 atom stereocenters. The summed E-state index contributed by atoms with van der Waals surface area (Å²) < 4.78 is 2.02. The van der Waals surface area contributed by atoms with Crippen molar-refractivity contribution >= 4 is 5.52 Å². The molecule has 4 nitrogen and oxygen atoms in total. The topological polar surface area (TPSA) is 46.0 Å². The van der Waals surface area contributed by atoms with Gasteiger partial charge in [-0.15, -0.1) is 0 Å². The predicted molar refractivity (Wildman–Crippen MR) is 57.5 cm³/mol. The molecule has 3 aromatic heterocycles. The van der Waals surface area contributed by atoms with Gasteiger partial charge < -0.3 is 4.40 Å². The van der Waals surface area contributed by atoms with E-state index in [0.717, 1.165) is 16.9 Å². The second kappa shape index (κ2) is 2.95. The highest BCUT2D eigenvalue weighted by molar-refractivity contribution is 5.74. The standard InChI is InChI=1S/C11H10N4/c1-8-2-3-10-11(9-4-5-13-14-9)12-7-15(10)6-8/h2-7H,1H3,(H,13,14). The number of hydrogen-bond acceptors (Lipinski definition) is 2. The minimum absolute atomic E-state index is 0.938. The lowest BCUT2D eigenvalue weighted by molar-refractivity contribution is 1.09. The van der Waals surface area contributed by atoms with Crippen molar-refractivity contribution in [2.75, 3.05) is 0 Å². The average Bonchev–Trinajstić information content (AvgIpc) is 2.82. The van der Waals surface area contributed by atoms with Crippen molar-refractivity contribution in [3.05, 3.63) is 42.5 Å². The van der Waals surface area contributed by atoms with Gasteiger partial charge in [0.2, 0.25) is 0 Å². The summed E-state index contributed by atoms with van der Waals surface area (Å²) in [5.74, 6) is 0. The quantitative estimate of drug-likeness (QED) is 0.650. The first-order chi connectivity index (χ1) is 7.34. The molecule has 0 unspecified atom stereocenters. The molecule has 74 valence electrons. The van der Waals surface area contributed by atoms with E-state index in [9.17, 15) is 0 Å². The zero-order valence-corrected chi connectivity index (χ0v) is 8.31. The van der Waals surface area contributed by atoms with Crippen molar-refractivity contribution in [3.63, 3.8) is 0 Å². The molecule has 4 heteroatoms. The molecular formula is C11H10N4. The number of hydrogen-bond donors (Lipinski definition) is 1. The van der Waals surface area contributed by atoms with Crippen LogP contribution in [0, 0.1) is 6.92 Å². The molecule has 0 aliphatic heterocycles. The van der Waals surface area contributed by atoms with Crippen molar-refractivity contribution in [3.8, 4) is 11.4 Å². The summed E-state index contributed by atoms with van der Waals surface area (Å²) in [7, 11) is 0. The largest absolute Gasteiger partial charge is 0.305 e. The number of imidazole rings is 1. The van der Waals surface area contributed by atoms with E-state index in [-0.39, 0.29) is 0 Å². The third-order valence-electron chi connectivity index (χ3n) is 2.43. The number of nitrogens with one attached hydrogen (secondary N) is 1. The van der Waals surface area contributed by atoms with Gasteiger partial charge in [0, 0.05) is 12.4 Å². The van der Waals surface area contributed by atoms with Crippen LogP contribution >= 0.6 is 0 Å². The molecule has 0 radical (unpaired) electrons. The monoisotopic (exact) mass is 198 g/mol. The molecule has 3 rings (SSSR count). The van der Waals surface area contributed by atoms with E-state index < -0.39 is 0 Å². The lowest BCUT2D eigenvalue weighted by Crippen LogP contribution is -1.84. The minimum atomic E-state index is 0.938. The molecule has 0 aliphatic rings. The first kappa shape index (κ1) is 8.23. The van der Waals surface area contributed by atoms with Gasteiger partial charge in [-0.3, -0.25) is 5.10 Å². The van der Waals surface area contributed by atoms with Crippen LogP contribution in [-0.4, -0.2) is 19.6 Å². The number of aryl methyl sites for hydroxylation is 1. The van der Waals surface area contributed by atoms with Crippen molar-refractivity contribution in [1.82, 2.24) is 19.6 Å². The third-order valence-corrected chi connectivity index (χ3v) is 2.43. The molecule has 15 heavy (non-hydrogen) atoms. The molecule has 0 bridgehead atoms. The zero-order valence-electron chi connectivity index (χ0n) is 8.31. The van der Waals surface area contributed by atoms with E-state index in [0.29, 0.717) is 0 Å². The van der Waals surface area contributed by atoms with Crippen LogP contribution in [0.4, 0.5) is 0 Å². The molecule has 0 amide bonds. The Kier molecular flexibility index (Phi) is 1.62. The molecule has 0 fully saturated rings. The number of nitrogens with zero attached hydrogens (tertiary/aromatic N) is 3. The molecule has 0 aliphatic carbocycles. The van der Waals surface area contributed by atoms with Gasteiger partial charge in [0.15, 0.2) is 0 Å². The maximum Gasteiger partial charge on any atom is 0.114 e. The van der Waals surface area contributed by atoms with Gasteiger partial charge in [-0.05, 0) is 24.6 Å². The molecule has 0 spiro atoms. The van der Waals surface area contributed by atoms with Crippen molar-refractivity contribution < 1.29 is 0 Å². The van der Waals surface area contributed by atoms with Crippen LogP contribution < -0.4 is 0 Å². The predicted octanol–water partition coefficient (Wildman–Crippen LogP) is 2.03. The first-order valence-corrected chi connectivity index (χ1v) is 4.77. The van der Waals surface area contributed by atoms with Crippen LogP contribution in [-0.2, 0) is 0 Å². The lowest BCUT2D eigenvalue weighted by atomic mass is 10.2. The average molecular weight is 198 g/mol. The van der Waals surface area contributed by atoms with Gasteiger partial charge in [-0.1, -0.05) is 6.07 Å². The van der Waals surface area contributed by atoms with Gasteiger partial charge in [0.25, 0.3) is 0 Å². The highest BCUT2D eigenvalue weighted by Gasteiger charge is 2.07. The Balaban J connectivity index is 2.29. The Morgan fingerprint density at radius 3 is 3.00 bits per heavy atom. The molecule has 0 aromatic carbocycles. The molecule has 1 N–H and O–H groups in total. The van der Waals surface area contributed by atoms with Crippen LogP contribution in [0.25, 0.3) is 16.9 Å². The number of rotatable bonds is 1. The number of H-pyrrole nitrogens is 1. The second-order valence-corrected chi connectivity index (χ2v) is 3.56.